The van der Waals surface area contributed by atoms with E-state index in [1.54, 1.807) is 14.0 Å². The van der Waals surface area contributed by atoms with Crippen LogP contribution < -0.4 is 15.4 Å². The topological polar surface area (TPSA) is 59.6 Å². The molecule has 0 saturated heterocycles. The molecule has 0 aliphatic carbocycles. The van der Waals surface area contributed by atoms with Gasteiger partial charge in [-0.3, -0.25) is 0 Å². The monoisotopic (exact) mass is 370 g/mol. The lowest BCUT2D eigenvalue weighted by molar-refractivity contribution is -0.136. The molecule has 0 fully saturated rings. The van der Waals surface area contributed by atoms with Crippen molar-refractivity contribution in [3.63, 3.8) is 0 Å². The van der Waals surface area contributed by atoms with Gasteiger partial charge in [-0.25, -0.2) is 4.79 Å². The molecule has 1 aromatic rings. The summed E-state index contributed by atoms with van der Waals surface area (Å²) in [6.07, 6.45) is 0. The van der Waals surface area contributed by atoms with Gasteiger partial charge < -0.3 is 20.1 Å². The fourth-order valence-corrected chi connectivity index (χ4v) is 2.92. The average Bonchev–Trinajstić information content (AvgIpc) is 2.46. The zero-order valence-electron chi connectivity index (χ0n) is 11.8. The van der Waals surface area contributed by atoms with Crippen molar-refractivity contribution in [2.45, 2.75) is 13.0 Å². The molecule has 2 rings (SSSR count). The Morgan fingerprint density at radius 1 is 1.38 bits per heavy atom. The maximum Gasteiger partial charge on any atom is 0.337 e. The number of ether oxygens (including phenoxy) is 2. The molecule has 2 N–H and O–H groups in total. The van der Waals surface area contributed by atoms with Crippen molar-refractivity contribution < 1.29 is 14.3 Å². The zero-order chi connectivity index (χ0) is 15.6. The third-order valence-corrected chi connectivity index (χ3v) is 4.13. The highest BCUT2D eigenvalue weighted by molar-refractivity contribution is 9.10. The molecule has 5 nitrogen and oxygen atoms in total. The number of rotatable bonds is 3. The summed E-state index contributed by atoms with van der Waals surface area (Å²) >= 11 is 8.68. The minimum absolute atomic E-state index is 0.407. The van der Waals surface area contributed by atoms with E-state index < -0.39 is 12.0 Å². The number of methoxy groups -OCH3 is 2. The summed E-state index contributed by atoms with van der Waals surface area (Å²) in [4.78, 5) is 12.1. The van der Waals surface area contributed by atoms with Crippen molar-refractivity contribution in [2.24, 2.45) is 0 Å². The lowest BCUT2D eigenvalue weighted by Crippen LogP contribution is -2.45. The molecule has 112 valence electrons. The van der Waals surface area contributed by atoms with Crippen LogP contribution in [0.4, 0.5) is 0 Å². The summed E-state index contributed by atoms with van der Waals surface area (Å²) in [6, 6.07) is 5.15. The Kier molecular flexibility index (Phi) is 4.84. The molecule has 1 atom stereocenters. The molecular formula is C14H15BrN2O3S. The van der Waals surface area contributed by atoms with Crippen molar-refractivity contribution in [2.75, 3.05) is 14.2 Å². The number of carbonyl (C=O) groups is 1. The van der Waals surface area contributed by atoms with Gasteiger partial charge in [-0.05, 0) is 42.9 Å². The van der Waals surface area contributed by atoms with Gasteiger partial charge in [0.1, 0.15) is 5.75 Å². The van der Waals surface area contributed by atoms with Gasteiger partial charge in [0.05, 0.1) is 25.8 Å². The number of halogens is 1. The second-order valence-corrected chi connectivity index (χ2v) is 5.71. The van der Waals surface area contributed by atoms with Crippen molar-refractivity contribution in [1.82, 2.24) is 10.6 Å². The lowest BCUT2D eigenvalue weighted by Gasteiger charge is -2.30. The number of allylic oxidation sites excluding steroid dienone is 1. The Hall–Kier alpha value is -1.60. The number of benzene rings is 1. The number of nitrogens with one attached hydrogen (secondary N) is 2. The Balaban J connectivity index is 2.56. The smallest absolute Gasteiger partial charge is 0.337 e. The van der Waals surface area contributed by atoms with Gasteiger partial charge in [0.15, 0.2) is 5.11 Å². The quantitative estimate of drug-likeness (QED) is 0.629. The van der Waals surface area contributed by atoms with Crippen molar-refractivity contribution in [3.05, 3.63) is 39.5 Å². The summed E-state index contributed by atoms with van der Waals surface area (Å²) in [5.41, 5.74) is 2.00. The van der Waals surface area contributed by atoms with Crippen LogP contribution in [-0.4, -0.2) is 25.3 Å². The maximum atomic E-state index is 12.1. The van der Waals surface area contributed by atoms with Crippen LogP contribution in [0.15, 0.2) is 33.9 Å². The van der Waals surface area contributed by atoms with E-state index in [4.69, 9.17) is 21.7 Å². The summed E-state index contributed by atoms with van der Waals surface area (Å²) in [5, 5.41) is 6.50. The molecule has 7 heteroatoms. The summed E-state index contributed by atoms with van der Waals surface area (Å²) in [6.45, 7) is 1.79. The van der Waals surface area contributed by atoms with Gasteiger partial charge in [0, 0.05) is 10.2 Å². The first-order valence-electron chi connectivity index (χ1n) is 6.18. The predicted molar refractivity (Wildman–Crippen MR) is 87.0 cm³/mol. The number of hydrogen-bond donors (Lipinski definition) is 2. The Labute approximate surface area is 136 Å². The number of carbonyl (C=O) groups excluding carboxylic acids is 1. The predicted octanol–water partition coefficient (Wildman–Crippen LogP) is 2.42. The van der Waals surface area contributed by atoms with E-state index in [1.807, 2.05) is 18.2 Å². The van der Waals surface area contributed by atoms with Crippen LogP contribution in [-0.2, 0) is 9.53 Å². The molecule has 0 spiro atoms. The van der Waals surface area contributed by atoms with Crippen LogP contribution in [0.5, 0.6) is 5.75 Å². The summed E-state index contributed by atoms with van der Waals surface area (Å²) in [5.74, 6) is 0.288. The average molecular weight is 371 g/mol. The molecule has 0 bridgehead atoms. The first kappa shape index (κ1) is 15.8. The number of hydrogen-bond acceptors (Lipinski definition) is 4. The van der Waals surface area contributed by atoms with E-state index >= 15 is 0 Å². The summed E-state index contributed by atoms with van der Waals surface area (Å²) < 4.78 is 11.0. The van der Waals surface area contributed by atoms with E-state index in [1.165, 1.54) is 7.11 Å². The number of esters is 1. The highest BCUT2D eigenvalue weighted by Gasteiger charge is 2.31. The second-order valence-electron chi connectivity index (χ2n) is 4.45. The Bertz CT molecular complexity index is 631. The van der Waals surface area contributed by atoms with Crippen LogP contribution in [0.2, 0.25) is 0 Å². The van der Waals surface area contributed by atoms with E-state index in [9.17, 15) is 4.79 Å². The molecule has 1 aliphatic rings. The molecule has 1 aromatic carbocycles. The van der Waals surface area contributed by atoms with Crippen LogP contribution in [0, 0.1) is 0 Å². The lowest BCUT2D eigenvalue weighted by atomic mass is 9.95. The van der Waals surface area contributed by atoms with Crippen LogP contribution in [0.25, 0.3) is 0 Å². The molecule has 0 aromatic heterocycles. The number of thiocarbonyl (C=S) groups is 1. The fourth-order valence-electron chi connectivity index (χ4n) is 2.18. The molecule has 21 heavy (non-hydrogen) atoms. The Morgan fingerprint density at radius 2 is 2.10 bits per heavy atom. The molecule has 0 amide bonds. The minimum Gasteiger partial charge on any atom is -0.497 e. The minimum atomic E-state index is -0.408. The third kappa shape index (κ3) is 3.19. The first-order valence-corrected chi connectivity index (χ1v) is 7.38. The molecule has 0 saturated carbocycles. The molecule has 0 unspecified atom stereocenters. The molecule has 1 heterocycles. The van der Waals surface area contributed by atoms with Gasteiger partial charge in [-0.15, -0.1) is 0 Å². The Morgan fingerprint density at radius 3 is 2.71 bits per heavy atom. The maximum absolute atomic E-state index is 12.1. The van der Waals surface area contributed by atoms with Crippen LogP contribution >= 0.6 is 28.1 Å². The highest BCUT2D eigenvalue weighted by atomic mass is 79.9. The second kappa shape index (κ2) is 6.44. The molecule has 0 radical (unpaired) electrons. The van der Waals surface area contributed by atoms with Crippen molar-refractivity contribution in [1.29, 1.82) is 0 Å². The van der Waals surface area contributed by atoms with Gasteiger partial charge in [-0.1, -0.05) is 15.9 Å². The van der Waals surface area contributed by atoms with E-state index in [-0.39, 0.29) is 0 Å². The normalized spacial score (nSPS) is 17.9. The SMILES string of the molecule is COC(=O)C1=C(C)NC(=S)N[C@H]1c1cc(OC)ccc1Br. The fraction of sp³-hybridized carbons (Fsp3) is 0.286. The molecular weight excluding hydrogens is 356 g/mol. The van der Waals surface area contributed by atoms with Crippen LogP contribution in [0.1, 0.15) is 18.5 Å². The largest absolute Gasteiger partial charge is 0.497 e. The molecule has 1 aliphatic heterocycles. The van der Waals surface area contributed by atoms with Crippen molar-refractivity contribution >= 4 is 39.2 Å². The van der Waals surface area contributed by atoms with E-state index in [0.29, 0.717) is 22.1 Å². The third-order valence-electron chi connectivity index (χ3n) is 3.19. The standard InChI is InChI=1S/C14H15BrN2O3S/c1-7-11(13(18)20-3)12(17-14(21)16-7)9-6-8(19-2)4-5-10(9)15/h4-6,12H,1-3H3,(H2,16,17,21)/t12-/m0/s1. The van der Waals surface area contributed by atoms with Crippen LogP contribution in [0.3, 0.4) is 0 Å². The van der Waals surface area contributed by atoms with E-state index in [2.05, 4.69) is 26.6 Å². The highest BCUT2D eigenvalue weighted by Crippen LogP contribution is 2.34. The summed E-state index contributed by atoms with van der Waals surface area (Å²) in [7, 11) is 2.95. The van der Waals surface area contributed by atoms with Gasteiger partial charge in [0.2, 0.25) is 0 Å². The zero-order valence-corrected chi connectivity index (χ0v) is 14.2. The van der Waals surface area contributed by atoms with Gasteiger partial charge >= 0.3 is 5.97 Å². The first-order chi connectivity index (χ1) is 9.97. The van der Waals surface area contributed by atoms with Crippen molar-refractivity contribution in [3.8, 4) is 5.75 Å². The van der Waals surface area contributed by atoms with E-state index in [0.717, 1.165) is 10.0 Å². The van der Waals surface area contributed by atoms with Gasteiger partial charge in [-0.2, -0.15) is 0 Å². The van der Waals surface area contributed by atoms with Gasteiger partial charge in [0.25, 0.3) is 0 Å².